The van der Waals surface area contributed by atoms with E-state index in [1.54, 1.807) is 31.4 Å². The molecule has 0 bridgehead atoms. The van der Waals surface area contributed by atoms with E-state index in [-0.39, 0.29) is 0 Å². The molecule has 0 amide bonds. The molecule has 1 heterocycles. The number of aliphatic hydroxyl groups excluding tert-OH is 1. The van der Waals surface area contributed by atoms with Crippen molar-refractivity contribution in [3.05, 3.63) is 39.8 Å². The fourth-order valence-corrected chi connectivity index (χ4v) is 2.74. The standard InChI is InChI=1S/C16H21NO3S/c1-10(2)16-17-12(9-21-16)8-20-15-7-13(19-4)5-6-14(15)11(3)18/h5-7,9-11,18H,8H2,1-4H3/t11-/m1/s1. The van der Waals surface area contributed by atoms with Gasteiger partial charge in [0.25, 0.3) is 0 Å². The van der Waals surface area contributed by atoms with Gasteiger partial charge in [0.2, 0.25) is 0 Å². The SMILES string of the molecule is COc1ccc([C@@H](C)O)c(OCc2csc(C(C)C)n2)c1. The number of rotatable bonds is 6. The van der Waals surface area contributed by atoms with Crippen LogP contribution in [0.15, 0.2) is 23.6 Å². The average molecular weight is 307 g/mol. The van der Waals surface area contributed by atoms with Crippen LogP contribution in [0.2, 0.25) is 0 Å². The minimum absolute atomic E-state index is 0.385. The number of benzene rings is 1. The molecule has 1 aromatic heterocycles. The number of ether oxygens (including phenoxy) is 2. The number of thiazole rings is 1. The smallest absolute Gasteiger partial charge is 0.131 e. The monoisotopic (exact) mass is 307 g/mol. The molecule has 2 aromatic rings. The molecular formula is C16H21NO3S. The predicted octanol–water partition coefficient (Wildman–Crippen LogP) is 3.91. The molecule has 114 valence electrons. The van der Waals surface area contributed by atoms with Crippen LogP contribution >= 0.6 is 11.3 Å². The first-order valence-electron chi connectivity index (χ1n) is 6.94. The molecule has 0 saturated heterocycles. The fraction of sp³-hybridized carbons (Fsp3) is 0.438. The lowest BCUT2D eigenvalue weighted by Crippen LogP contribution is -2.02. The Morgan fingerprint density at radius 3 is 2.62 bits per heavy atom. The number of hydrogen-bond donors (Lipinski definition) is 1. The first-order chi connectivity index (χ1) is 10.0. The highest BCUT2D eigenvalue weighted by molar-refractivity contribution is 7.09. The highest BCUT2D eigenvalue weighted by atomic mass is 32.1. The van der Waals surface area contributed by atoms with Gasteiger partial charge < -0.3 is 14.6 Å². The van der Waals surface area contributed by atoms with Crippen LogP contribution in [0, 0.1) is 0 Å². The quantitative estimate of drug-likeness (QED) is 0.879. The Morgan fingerprint density at radius 2 is 2.05 bits per heavy atom. The highest BCUT2D eigenvalue weighted by Gasteiger charge is 2.12. The number of hydrogen-bond acceptors (Lipinski definition) is 5. The van der Waals surface area contributed by atoms with Gasteiger partial charge in [-0.05, 0) is 19.1 Å². The van der Waals surface area contributed by atoms with Gasteiger partial charge in [0.15, 0.2) is 0 Å². The van der Waals surface area contributed by atoms with Crippen molar-refractivity contribution in [2.45, 2.75) is 39.4 Å². The summed E-state index contributed by atoms with van der Waals surface area (Å²) >= 11 is 1.65. The second kappa shape index (κ2) is 6.91. The Balaban J connectivity index is 2.14. The molecule has 4 nitrogen and oxygen atoms in total. The van der Waals surface area contributed by atoms with Crippen LogP contribution in [0.4, 0.5) is 0 Å². The van der Waals surface area contributed by atoms with E-state index >= 15 is 0 Å². The largest absolute Gasteiger partial charge is 0.497 e. The summed E-state index contributed by atoms with van der Waals surface area (Å²) in [6.07, 6.45) is -0.590. The molecule has 0 aliphatic heterocycles. The van der Waals surface area contributed by atoms with E-state index in [1.807, 2.05) is 17.5 Å². The van der Waals surface area contributed by atoms with Crippen molar-refractivity contribution < 1.29 is 14.6 Å². The minimum atomic E-state index is -0.590. The number of nitrogens with zero attached hydrogens (tertiary/aromatic N) is 1. The molecule has 5 heteroatoms. The highest BCUT2D eigenvalue weighted by Crippen LogP contribution is 2.30. The second-order valence-corrected chi connectivity index (χ2v) is 6.09. The summed E-state index contributed by atoms with van der Waals surface area (Å²) in [4.78, 5) is 4.54. The number of methoxy groups -OCH3 is 1. The topological polar surface area (TPSA) is 51.6 Å². The zero-order valence-electron chi connectivity index (χ0n) is 12.8. The molecule has 0 fully saturated rings. The first kappa shape index (κ1) is 15.8. The summed E-state index contributed by atoms with van der Waals surface area (Å²) in [5.74, 6) is 1.76. The summed E-state index contributed by atoms with van der Waals surface area (Å²) in [6, 6.07) is 5.42. The second-order valence-electron chi connectivity index (χ2n) is 5.20. The zero-order valence-corrected chi connectivity index (χ0v) is 13.6. The Morgan fingerprint density at radius 1 is 1.29 bits per heavy atom. The maximum Gasteiger partial charge on any atom is 0.131 e. The lowest BCUT2D eigenvalue weighted by molar-refractivity contribution is 0.189. The maximum atomic E-state index is 9.81. The fourth-order valence-electron chi connectivity index (χ4n) is 1.92. The van der Waals surface area contributed by atoms with E-state index in [2.05, 4.69) is 18.8 Å². The Hall–Kier alpha value is -1.59. The lowest BCUT2D eigenvalue weighted by atomic mass is 10.1. The van der Waals surface area contributed by atoms with E-state index in [9.17, 15) is 5.11 Å². The molecule has 2 rings (SSSR count). The third-order valence-electron chi connectivity index (χ3n) is 3.11. The molecule has 0 saturated carbocycles. The van der Waals surface area contributed by atoms with Gasteiger partial charge in [0.05, 0.1) is 23.9 Å². The zero-order chi connectivity index (χ0) is 15.4. The van der Waals surface area contributed by atoms with Crippen LogP contribution in [-0.2, 0) is 6.61 Å². The predicted molar refractivity (Wildman–Crippen MR) is 84.2 cm³/mol. The van der Waals surface area contributed by atoms with Gasteiger partial charge >= 0.3 is 0 Å². The van der Waals surface area contributed by atoms with Gasteiger partial charge in [0.1, 0.15) is 18.1 Å². The Kier molecular flexibility index (Phi) is 5.20. The van der Waals surface area contributed by atoms with Crippen LogP contribution in [-0.4, -0.2) is 17.2 Å². The van der Waals surface area contributed by atoms with Crippen molar-refractivity contribution in [1.82, 2.24) is 4.98 Å². The van der Waals surface area contributed by atoms with Crippen LogP contribution in [0.25, 0.3) is 0 Å². The van der Waals surface area contributed by atoms with Crippen molar-refractivity contribution >= 4 is 11.3 Å². The summed E-state index contributed by atoms with van der Waals surface area (Å²) < 4.78 is 11.0. The molecule has 21 heavy (non-hydrogen) atoms. The minimum Gasteiger partial charge on any atom is -0.497 e. The third kappa shape index (κ3) is 3.95. The van der Waals surface area contributed by atoms with Crippen LogP contribution in [0.1, 0.15) is 49.1 Å². The van der Waals surface area contributed by atoms with E-state index in [4.69, 9.17) is 9.47 Å². The van der Waals surface area contributed by atoms with Gasteiger partial charge in [-0.1, -0.05) is 13.8 Å². The van der Waals surface area contributed by atoms with E-state index in [0.29, 0.717) is 24.0 Å². The average Bonchev–Trinajstić information content (AvgIpc) is 2.93. The Bertz CT molecular complexity index is 593. The van der Waals surface area contributed by atoms with Crippen molar-refractivity contribution in [1.29, 1.82) is 0 Å². The van der Waals surface area contributed by atoms with E-state index in [0.717, 1.165) is 16.3 Å². The molecule has 0 spiro atoms. The third-order valence-corrected chi connectivity index (χ3v) is 4.30. The molecule has 1 N–H and O–H groups in total. The van der Waals surface area contributed by atoms with Gasteiger partial charge in [-0.15, -0.1) is 11.3 Å². The molecule has 0 aliphatic carbocycles. The normalized spacial score (nSPS) is 12.5. The van der Waals surface area contributed by atoms with Gasteiger partial charge in [-0.2, -0.15) is 0 Å². The molecule has 0 radical (unpaired) electrons. The van der Waals surface area contributed by atoms with Crippen LogP contribution < -0.4 is 9.47 Å². The van der Waals surface area contributed by atoms with Crippen molar-refractivity contribution in [2.75, 3.05) is 7.11 Å². The Labute approximate surface area is 129 Å². The first-order valence-corrected chi connectivity index (χ1v) is 7.82. The lowest BCUT2D eigenvalue weighted by Gasteiger charge is -2.14. The molecule has 1 atom stereocenters. The van der Waals surface area contributed by atoms with Crippen LogP contribution in [0.5, 0.6) is 11.5 Å². The van der Waals surface area contributed by atoms with Crippen molar-refractivity contribution in [3.63, 3.8) is 0 Å². The van der Waals surface area contributed by atoms with Crippen molar-refractivity contribution in [3.8, 4) is 11.5 Å². The van der Waals surface area contributed by atoms with E-state index in [1.165, 1.54) is 0 Å². The summed E-state index contributed by atoms with van der Waals surface area (Å²) in [7, 11) is 1.61. The molecule has 0 unspecified atom stereocenters. The number of aromatic nitrogens is 1. The van der Waals surface area contributed by atoms with Crippen LogP contribution in [0.3, 0.4) is 0 Å². The summed E-state index contributed by atoms with van der Waals surface area (Å²) in [5, 5.41) is 12.9. The summed E-state index contributed by atoms with van der Waals surface area (Å²) in [6.45, 7) is 6.35. The molecular weight excluding hydrogens is 286 g/mol. The molecule has 1 aromatic carbocycles. The molecule has 0 aliphatic rings. The van der Waals surface area contributed by atoms with Gasteiger partial charge in [0, 0.05) is 22.9 Å². The van der Waals surface area contributed by atoms with Crippen molar-refractivity contribution in [2.24, 2.45) is 0 Å². The summed E-state index contributed by atoms with van der Waals surface area (Å²) in [5.41, 5.74) is 1.65. The van der Waals surface area contributed by atoms with Gasteiger partial charge in [-0.3, -0.25) is 0 Å². The number of aliphatic hydroxyl groups is 1. The maximum absolute atomic E-state index is 9.81. The van der Waals surface area contributed by atoms with E-state index < -0.39 is 6.10 Å². The van der Waals surface area contributed by atoms with Gasteiger partial charge in [-0.25, -0.2) is 4.98 Å².